The lowest BCUT2D eigenvalue weighted by molar-refractivity contribution is -0.386. The number of nitro benzene ring substituents is 1. The summed E-state index contributed by atoms with van der Waals surface area (Å²) in [4.78, 5) is 26.5. The molecule has 2 aromatic rings. The van der Waals surface area contributed by atoms with Gasteiger partial charge in [0, 0.05) is 11.5 Å². The van der Waals surface area contributed by atoms with Crippen LogP contribution in [0.5, 0.6) is 11.5 Å². The Balaban J connectivity index is 2.82. The first-order valence-corrected chi connectivity index (χ1v) is 6.71. The van der Waals surface area contributed by atoms with Crippen LogP contribution in [0.3, 0.4) is 0 Å². The molecule has 0 radical (unpaired) electrons. The number of carbonyl (C=O) groups excluding carboxylic acids is 1. The maximum atomic E-state index is 11.9. The van der Waals surface area contributed by atoms with Crippen molar-refractivity contribution in [1.82, 2.24) is 10.1 Å². The Bertz CT molecular complexity index is 781. The fourth-order valence-corrected chi connectivity index (χ4v) is 2.08. The summed E-state index contributed by atoms with van der Waals surface area (Å²) in [6.07, 6.45) is 0. The summed E-state index contributed by atoms with van der Waals surface area (Å²) in [6.45, 7) is 4.83. The van der Waals surface area contributed by atoms with E-state index in [-0.39, 0.29) is 28.6 Å². The van der Waals surface area contributed by atoms with Gasteiger partial charge in [0.2, 0.25) is 17.5 Å². The molecule has 1 N–H and O–H groups in total. The number of aromatic hydroxyl groups is 1. The third-order valence-corrected chi connectivity index (χ3v) is 3.17. The first-order valence-electron chi connectivity index (χ1n) is 6.71. The number of rotatable bonds is 5. The van der Waals surface area contributed by atoms with Gasteiger partial charge in [-0.2, -0.15) is 4.98 Å². The van der Waals surface area contributed by atoms with Crippen LogP contribution in [0.4, 0.5) is 5.69 Å². The largest absolute Gasteiger partial charge is 0.499 e. The highest BCUT2D eigenvalue weighted by atomic mass is 16.6. The van der Waals surface area contributed by atoms with E-state index in [9.17, 15) is 20.0 Å². The first kappa shape index (κ1) is 16.4. The van der Waals surface area contributed by atoms with E-state index in [0.717, 1.165) is 6.92 Å². The van der Waals surface area contributed by atoms with E-state index in [1.165, 1.54) is 13.2 Å². The monoisotopic (exact) mass is 321 g/mol. The second-order valence-electron chi connectivity index (χ2n) is 5.12. The molecule has 9 nitrogen and oxygen atoms in total. The molecule has 0 aliphatic rings. The number of benzene rings is 1. The van der Waals surface area contributed by atoms with E-state index in [2.05, 4.69) is 10.1 Å². The maximum Gasteiger partial charge on any atom is 0.326 e. The molecule has 0 bridgehead atoms. The van der Waals surface area contributed by atoms with Gasteiger partial charge < -0.3 is 14.4 Å². The SMILES string of the molecule is COc1cc(-c2noc(C(C)C)n2)c(C(C)=O)c([N+](=O)[O-])c1O. The molecule has 0 amide bonds. The molecule has 1 heterocycles. The number of nitro groups is 1. The average Bonchev–Trinajstić information content (AvgIpc) is 2.95. The Morgan fingerprint density at radius 3 is 2.57 bits per heavy atom. The summed E-state index contributed by atoms with van der Waals surface area (Å²) in [5, 5.41) is 25.0. The number of nitrogens with zero attached hydrogens (tertiary/aromatic N) is 3. The molecule has 0 spiro atoms. The lowest BCUT2D eigenvalue weighted by atomic mass is 10.00. The second-order valence-corrected chi connectivity index (χ2v) is 5.12. The van der Waals surface area contributed by atoms with Crippen molar-refractivity contribution in [3.63, 3.8) is 0 Å². The van der Waals surface area contributed by atoms with Crippen LogP contribution in [-0.4, -0.2) is 33.1 Å². The molecule has 9 heteroatoms. The van der Waals surface area contributed by atoms with E-state index in [0.29, 0.717) is 5.89 Å². The zero-order valence-corrected chi connectivity index (χ0v) is 13.0. The van der Waals surface area contributed by atoms with Gasteiger partial charge in [-0.15, -0.1) is 0 Å². The Morgan fingerprint density at radius 1 is 1.48 bits per heavy atom. The van der Waals surface area contributed by atoms with Crippen LogP contribution in [0.2, 0.25) is 0 Å². The van der Waals surface area contributed by atoms with Gasteiger partial charge in [0.1, 0.15) is 5.56 Å². The van der Waals surface area contributed by atoms with Crippen LogP contribution in [0, 0.1) is 10.1 Å². The number of ketones is 1. The summed E-state index contributed by atoms with van der Waals surface area (Å²) in [5.41, 5.74) is -0.985. The van der Waals surface area contributed by atoms with Gasteiger partial charge in [-0.1, -0.05) is 19.0 Å². The Labute approximate surface area is 131 Å². The number of Topliss-reactive ketones (excluding diaryl/α,β-unsaturated/α-hetero) is 1. The van der Waals surface area contributed by atoms with Crippen molar-refractivity contribution in [2.45, 2.75) is 26.7 Å². The van der Waals surface area contributed by atoms with Crippen LogP contribution in [0.1, 0.15) is 42.9 Å². The van der Waals surface area contributed by atoms with E-state index in [4.69, 9.17) is 9.26 Å². The molecule has 2 rings (SSSR count). The highest BCUT2D eigenvalue weighted by Crippen LogP contribution is 2.43. The molecule has 0 atom stereocenters. The third-order valence-electron chi connectivity index (χ3n) is 3.17. The summed E-state index contributed by atoms with van der Waals surface area (Å²) in [5.74, 6) is -1.21. The average molecular weight is 321 g/mol. The van der Waals surface area contributed by atoms with Crippen molar-refractivity contribution in [2.75, 3.05) is 7.11 Å². The molecule has 1 aromatic heterocycles. The minimum Gasteiger partial charge on any atom is -0.499 e. The van der Waals surface area contributed by atoms with Gasteiger partial charge in [-0.3, -0.25) is 14.9 Å². The second kappa shape index (κ2) is 6.03. The minimum absolute atomic E-state index is 0.0142. The van der Waals surface area contributed by atoms with Crippen molar-refractivity contribution in [3.8, 4) is 22.9 Å². The number of aromatic nitrogens is 2. The number of ether oxygens (including phenoxy) is 1. The van der Waals surface area contributed by atoms with E-state index in [1.54, 1.807) is 0 Å². The molecule has 23 heavy (non-hydrogen) atoms. The number of phenols is 1. The molecule has 0 aliphatic carbocycles. The predicted molar refractivity (Wildman–Crippen MR) is 78.7 cm³/mol. The zero-order valence-electron chi connectivity index (χ0n) is 13.0. The fourth-order valence-electron chi connectivity index (χ4n) is 2.08. The number of hydrogen-bond donors (Lipinski definition) is 1. The molecule has 0 saturated carbocycles. The standard InChI is InChI=1S/C14H15N3O6/c1-6(2)14-15-13(16-23-14)8-5-9(22-4)12(19)11(17(20)21)10(8)7(3)18/h5-6,19H,1-4H3. The van der Waals surface area contributed by atoms with E-state index >= 15 is 0 Å². The van der Waals surface area contributed by atoms with Crippen molar-refractivity contribution >= 4 is 11.5 Å². The fraction of sp³-hybridized carbons (Fsp3) is 0.357. The molecular formula is C14H15N3O6. The molecule has 0 fully saturated rings. The van der Waals surface area contributed by atoms with Crippen molar-refractivity contribution in [3.05, 3.63) is 27.6 Å². The highest BCUT2D eigenvalue weighted by Gasteiger charge is 2.32. The van der Waals surface area contributed by atoms with Crippen molar-refractivity contribution < 1.29 is 24.1 Å². The van der Waals surface area contributed by atoms with E-state index in [1.807, 2.05) is 13.8 Å². The summed E-state index contributed by atoms with van der Waals surface area (Å²) >= 11 is 0. The number of phenolic OH excluding ortho intramolecular Hbond substituents is 1. The van der Waals surface area contributed by atoms with Crippen LogP contribution in [-0.2, 0) is 0 Å². The summed E-state index contributed by atoms with van der Waals surface area (Å²) < 4.78 is 10.0. The minimum atomic E-state index is -0.846. The molecule has 1 aromatic carbocycles. The van der Waals surface area contributed by atoms with Crippen molar-refractivity contribution in [2.24, 2.45) is 0 Å². The smallest absolute Gasteiger partial charge is 0.326 e. The Morgan fingerprint density at radius 2 is 2.13 bits per heavy atom. The zero-order chi connectivity index (χ0) is 17.3. The van der Waals surface area contributed by atoms with Crippen LogP contribution in [0.25, 0.3) is 11.4 Å². The molecule has 0 aliphatic heterocycles. The number of carbonyl (C=O) groups is 1. The van der Waals surface area contributed by atoms with Gasteiger partial charge in [-0.25, -0.2) is 0 Å². The predicted octanol–water partition coefficient (Wildman–Crippen LogP) is 2.69. The molecular weight excluding hydrogens is 306 g/mol. The quantitative estimate of drug-likeness (QED) is 0.505. The van der Waals surface area contributed by atoms with Crippen LogP contribution in [0.15, 0.2) is 10.6 Å². The number of methoxy groups -OCH3 is 1. The Kier molecular flexibility index (Phi) is 4.30. The van der Waals surface area contributed by atoms with Gasteiger partial charge in [-0.05, 0) is 13.0 Å². The van der Waals surface area contributed by atoms with Gasteiger partial charge in [0.25, 0.3) is 0 Å². The summed E-state index contributed by atoms with van der Waals surface area (Å²) in [7, 11) is 1.24. The molecule has 0 unspecified atom stereocenters. The van der Waals surface area contributed by atoms with Crippen LogP contribution >= 0.6 is 0 Å². The first-order chi connectivity index (χ1) is 10.8. The number of hydrogen-bond acceptors (Lipinski definition) is 8. The van der Waals surface area contributed by atoms with Crippen LogP contribution < -0.4 is 4.74 Å². The lowest BCUT2D eigenvalue weighted by Gasteiger charge is -2.10. The van der Waals surface area contributed by atoms with Gasteiger partial charge in [0.05, 0.1) is 12.0 Å². The third kappa shape index (κ3) is 2.85. The lowest BCUT2D eigenvalue weighted by Crippen LogP contribution is -2.05. The molecule has 122 valence electrons. The molecule has 0 saturated heterocycles. The van der Waals surface area contributed by atoms with Gasteiger partial charge >= 0.3 is 5.69 Å². The van der Waals surface area contributed by atoms with Gasteiger partial charge in [0.15, 0.2) is 11.5 Å². The highest BCUT2D eigenvalue weighted by molar-refractivity contribution is 6.05. The summed E-state index contributed by atoms with van der Waals surface area (Å²) in [6, 6.07) is 1.27. The topological polar surface area (TPSA) is 129 Å². The Hall–Kier alpha value is -2.97. The normalized spacial score (nSPS) is 10.8. The maximum absolute atomic E-state index is 11.9. The van der Waals surface area contributed by atoms with E-state index < -0.39 is 22.1 Å². The van der Waals surface area contributed by atoms with Crippen molar-refractivity contribution in [1.29, 1.82) is 0 Å².